The number of amides is 2. The number of benzene rings is 4. The van der Waals surface area contributed by atoms with Crippen molar-refractivity contribution < 1.29 is 54.2 Å². The summed E-state index contributed by atoms with van der Waals surface area (Å²) in [5.41, 5.74) is 1.94. The molecule has 60 heavy (non-hydrogen) atoms. The Morgan fingerprint density at radius 3 is 1.75 bits per heavy atom. The second-order valence-corrected chi connectivity index (χ2v) is 18.6. The first-order valence-electron chi connectivity index (χ1n) is 17.5. The molecule has 5 rings (SSSR count). The summed E-state index contributed by atoms with van der Waals surface area (Å²) in [6.07, 6.45) is -7.20. The molecule has 0 aliphatic carbocycles. The van der Waals surface area contributed by atoms with Crippen molar-refractivity contribution in [3.8, 4) is 16.9 Å². The third kappa shape index (κ3) is 11.9. The van der Waals surface area contributed by atoms with Gasteiger partial charge in [-0.15, -0.1) is 0 Å². The normalized spacial score (nSPS) is 12.3. The van der Waals surface area contributed by atoms with Gasteiger partial charge in [-0.25, -0.2) is 40.6 Å². The Morgan fingerprint density at radius 2 is 1.27 bits per heavy atom. The van der Waals surface area contributed by atoms with Gasteiger partial charge in [0.25, 0.3) is 20.0 Å². The van der Waals surface area contributed by atoms with Crippen molar-refractivity contribution in [3.63, 3.8) is 0 Å². The zero-order chi connectivity index (χ0) is 43.7. The minimum atomic E-state index is -4.73. The van der Waals surface area contributed by atoms with E-state index in [1.807, 2.05) is 17.7 Å². The molecule has 0 atom stereocenters. The first-order valence-corrected chi connectivity index (χ1v) is 23.0. The van der Waals surface area contributed by atoms with E-state index < -0.39 is 44.1 Å². The first kappa shape index (κ1) is 45.3. The SMILES string of the molecule is C/C([OH2+])=C(/C(=N)c1ccc(S(=O)(=O)NC(=O)OCCSSCCOC(=O)NS(=O)(=O)c2ccc(-n3nc(C(F)(F)F)cc3-c3ccc(C)cc3)cc2)cc1)c1ccccc1. The van der Waals surface area contributed by atoms with Gasteiger partial charge in [-0.3, -0.25) is 5.41 Å². The van der Waals surface area contributed by atoms with E-state index in [1.165, 1.54) is 58.0 Å². The molecule has 1 heterocycles. The van der Waals surface area contributed by atoms with Gasteiger partial charge in [0.15, 0.2) is 5.69 Å². The molecule has 0 fully saturated rings. The molecule has 5 aromatic rings. The van der Waals surface area contributed by atoms with E-state index in [1.54, 1.807) is 60.2 Å². The molecule has 0 unspecified atom stereocenters. The third-order valence-electron chi connectivity index (χ3n) is 8.20. The van der Waals surface area contributed by atoms with Gasteiger partial charge in [-0.2, -0.15) is 18.3 Å². The number of aryl methyl sites for hydroxylation is 1. The Morgan fingerprint density at radius 1 is 0.767 bits per heavy atom. The first-order chi connectivity index (χ1) is 28.4. The monoisotopic (exact) mass is 904 g/mol. The molecule has 316 valence electrons. The van der Waals surface area contributed by atoms with E-state index in [0.29, 0.717) is 22.3 Å². The lowest BCUT2D eigenvalue weighted by Gasteiger charge is -2.11. The molecule has 2 amide bonds. The van der Waals surface area contributed by atoms with Crippen LogP contribution in [-0.2, 0) is 35.7 Å². The number of aromatic nitrogens is 2. The molecule has 0 spiro atoms. The number of ether oxygens (including phenoxy) is 2. The van der Waals surface area contributed by atoms with E-state index in [2.05, 4.69) is 5.10 Å². The number of hydrogen-bond acceptors (Lipinski definition) is 12. The molecule has 5 N–H and O–H groups in total. The summed E-state index contributed by atoms with van der Waals surface area (Å²) in [6, 6.07) is 26.5. The van der Waals surface area contributed by atoms with Gasteiger partial charge in [0, 0.05) is 29.6 Å². The lowest BCUT2D eigenvalue weighted by molar-refractivity contribution is -0.141. The number of allylic oxidation sites excluding steroid dienone is 2. The van der Waals surface area contributed by atoms with E-state index in [9.17, 15) is 39.6 Å². The lowest BCUT2D eigenvalue weighted by atomic mass is 9.95. The number of sulfonamides is 2. The molecule has 21 heteroatoms. The standard InChI is InChI=1S/C39H36F3N5O9S4/c1-25-8-10-27(11-9-25)33-24-34(39(40,41)42)44-47(33)30-14-18-32(19-15-30)60(53,54)46-38(50)56-21-23-58-57-22-20-55-37(49)45-59(51,52)31-16-12-29(13-17-31)36(43)35(26(2)48)28-6-4-3-5-7-28/h3-19,24,43,48H,20-23H2,1-2H3,(H,45,49)(H,46,50)/p+1/b35-26-,43-36?. The van der Waals surface area contributed by atoms with Crippen LogP contribution in [0.2, 0.25) is 0 Å². The van der Waals surface area contributed by atoms with Crippen molar-refractivity contribution in [3.05, 3.63) is 137 Å². The summed E-state index contributed by atoms with van der Waals surface area (Å²) in [5, 5.41) is 20.4. The van der Waals surface area contributed by atoms with Gasteiger partial charge < -0.3 is 14.6 Å². The number of hydrogen-bond donors (Lipinski definition) is 3. The molecule has 0 radical (unpaired) electrons. The highest BCUT2D eigenvalue weighted by Gasteiger charge is 2.35. The molecule has 14 nitrogen and oxygen atoms in total. The van der Waals surface area contributed by atoms with Gasteiger partial charge in [0.05, 0.1) is 32.5 Å². The van der Waals surface area contributed by atoms with Crippen LogP contribution in [0.4, 0.5) is 22.8 Å². The minimum Gasteiger partial charge on any atom is -0.596 e. The quantitative estimate of drug-likeness (QED) is 0.0294. The largest absolute Gasteiger partial charge is 0.596 e. The number of nitrogens with zero attached hydrogens (tertiary/aromatic N) is 2. The van der Waals surface area contributed by atoms with Crippen LogP contribution in [0, 0.1) is 12.3 Å². The summed E-state index contributed by atoms with van der Waals surface area (Å²) in [7, 11) is -6.32. The number of rotatable bonds is 16. The smallest absolute Gasteiger partial charge is 0.435 e. The van der Waals surface area contributed by atoms with Crippen molar-refractivity contribution in [1.29, 1.82) is 5.41 Å². The van der Waals surface area contributed by atoms with Crippen LogP contribution in [0.25, 0.3) is 22.5 Å². The topological polar surface area (TPSA) is 210 Å². The molecule has 1 aromatic heterocycles. The third-order valence-corrected chi connectivity index (χ3v) is 13.2. The molecular weight excluding hydrogens is 868 g/mol. The summed E-state index contributed by atoms with van der Waals surface area (Å²) in [4.78, 5) is 23.8. The van der Waals surface area contributed by atoms with Crippen molar-refractivity contribution in [1.82, 2.24) is 19.2 Å². The maximum atomic E-state index is 13.5. The van der Waals surface area contributed by atoms with E-state index in [4.69, 9.17) is 20.0 Å². The number of carbonyl (C=O) groups excluding carboxylic acids is 2. The van der Waals surface area contributed by atoms with Crippen LogP contribution >= 0.6 is 21.6 Å². The fourth-order valence-electron chi connectivity index (χ4n) is 5.36. The Kier molecular flexibility index (Phi) is 14.7. The van der Waals surface area contributed by atoms with E-state index >= 15 is 0 Å². The van der Waals surface area contributed by atoms with Gasteiger partial charge >= 0.3 is 18.4 Å². The van der Waals surface area contributed by atoms with Crippen molar-refractivity contribution in [2.75, 3.05) is 24.7 Å². The van der Waals surface area contributed by atoms with Gasteiger partial charge in [0.2, 0.25) is 5.76 Å². The highest BCUT2D eigenvalue weighted by atomic mass is 33.1. The second-order valence-electron chi connectivity index (χ2n) is 12.6. The molecule has 0 saturated heterocycles. The van der Waals surface area contributed by atoms with E-state index in [-0.39, 0.29) is 57.4 Å². The fraction of sp³-hybridized carbons (Fsp3) is 0.179. The summed E-state index contributed by atoms with van der Waals surface area (Å²) >= 11 is 0. The van der Waals surface area contributed by atoms with Crippen molar-refractivity contribution in [2.24, 2.45) is 0 Å². The van der Waals surface area contributed by atoms with Gasteiger partial charge in [0.1, 0.15) is 13.2 Å². The Balaban J connectivity index is 1.02. The van der Waals surface area contributed by atoms with Crippen molar-refractivity contribution >= 4 is 65.1 Å². The molecule has 0 bridgehead atoms. The van der Waals surface area contributed by atoms with Crippen LogP contribution in [0.15, 0.2) is 125 Å². The van der Waals surface area contributed by atoms with Crippen LogP contribution in [0.5, 0.6) is 0 Å². The Hall–Kier alpha value is -5.77. The highest BCUT2D eigenvalue weighted by Crippen LogP contribution is 2.33. The number of alkyl halides is 3. The lowest BCUT2D eigenvalue weighted by Crippen LogP contribution is -2.31. The van der Waals surface area contributed by atoms with E-state index in [0.717, 1.165) is 28.4 Å². The molecule has 4 aromatic carbocycles. The maximum Gasteiger partial charge on any atom is 0.435 e. The number of carbonyl (C=O) groups is 2. The van der Waals surface area contributed by atoms with Gasteiger partial charge in [-0.1, -0.05) is 93.9 Å². The Labute approximate surface area is 351 Å². The maximum absolute atomic E-state index is 13.5. The summed E-state index contributed by atoms with van der Waals surface area (Å²) in [5.74, 6) is 0.591. The molecule has 0 saturated carbocycles. The van der Waals surface area contributed by atoms with Crippen molar-refractivity contribution in [2.45, 2.75) is 29.8 Å². The van der Waals surface area contributed by atoms with Crippen LogP contribution in [-0.4, -0.2) is 74.3 Å². The Bertz CT molecular complexity index is 2580. The summed E-state index contributed by atoms with van der Waals surface area (Å²) < 4.78 is 106. The van der Waals surface area contributed by atoms with Crippen LogP contribution in [0.1, 0.15) is 29.3 Å². The summed E-state index contributed by atoms with van der Waals surface area (Å²) in [6.45, 7) is 3.01. The number of halogens is 3. The molecule has 0 aliphatic rings. The molecule has 0 aliphatic heterocycles. The number of nitrogens with one attached hydrogen (secondary N) is 3. The van der Waals surface area contributed by atoms with Crippen LogP contribution in [0.3, 0.4) is 0 Å². The molecular formula is C39H37F3N5O9S4+. The van der Waals surface area contributed by atoms with Gasteiger partial charge in [-0.05, 0) is 55.0 Å². The zero-order valence-electron chi connectivity index (χ0n) is 31.6. The fourth-order valence-corrected chi connectivity index (χ4v) is 8.80. The average Bonchev–Trinajstić information content (AvgIpc) is 3.66. The predicted octanol–water partition coefficient (Wildman–Crippen LogP) is 7.30. The second kappa shape index (κ2) is 19.5. The van der Waals surface area contributed by atoms with Crippen LogP contribution < -0.4 is 9.44 Å². The predicted molar refractivity (Wildman–Crippen MR) is 223 cm³/mol. The average molecular weight is 905 g/mol. The zero-order valence-corrected chi connectivity index (χ0v) is 34.9. The minimum absolute atomic E-state index is 0.0283. The highest BCUT2D eigenvalue weighted by molar-refractivity contribution is 8.76.